The summed E-state index contributed by atoms with van der Waals surface area (Å²) < 4.78 is 12.4. The van der Waals surface area contributed by atoms with Crippen molar-refractivity contribution in [3.63, 3.8) is 0 Å². The molecule has 0 saturated carbocycles. The van der Waals surface area contributed by atoms with Gasteiger partial charge < -0.3 is 8.83 Å². The van der Waals surface area contributed by atoms with E-state index in [1.807, 2.05) is 110 Å². The van der Waals surface area contributed by atoms with Crippen LogP contribution in [0.1, 0.15) is 18.3 Å². The Morgan fingerprint density at radius 2 is 1.20 bits per heavy atom. The first-order valence-electron chi connectivity index (χ1n) is 14.8. The zero-order valence-corrected chi connectivity index (χ0v) is 24.6. The van der Waals surface area contributed by atoms with Gasteiger partial charge in [-0.2, -0.15) is 0 Å². The highest BCUT2D eigenvalue weighted by molar-refractivity contribution is 6.12. The third-order valence-corrected chi connectivity index (χ3v) is 8.05. The lowest BCUT2D eigenvalue weighted by atomic mass is 9.97. The maximum Gasteiger partial charge on any atom is 0.164 e. The molecule has 0 saturated heterocycles. The molecule has 0 radical (unpaired) electrons. The number of benzene rings is 5. The van der Waals surface area contributed by atoms with Crippen LogP contribution in [0.2, 0.25) is 0 Å². The van der Waals surface area contributed by atoms with E-state index in [0.717, 1.165) is 71.7 Å². The van der Waals surface area contributed by atoms with Gasteiger partial charge in [-0.05, 0) is 54.0 Å². The van der Waals surface area contributed by atoms with E-state index in [0.29, 0.717) is 17.5 Å². The molecule has 45 heavy (non-hydrogen) atoms. The van der Waals surface area contributed by atoms with Crippen molar-refractivity contribution in [2.75, 3.05) is 0 Å². The van der Waals surface area contributed by atoms with Gasteiger partial charge in [0.15, 0.2) is 17.5 Å². The molecule has 3 aromatic heterocycles. The third kappa shape index (κ3) is 4.62. The molecule has 5 aromatic carbocycles. The number of allylic oxidation sites excluding steroid dienone is 5. The Hall–Kier alpha value is -6.07. The van der Waals surface area contributed by atoms with E-state index in [2.05, 4.69) is 30.9 Å². The average Bonchev–Trinajstić information content (AvgIpc) is 3.67. The Morgan fingerprint density at radius 1 is 0.600 bits per heavy atom. The van der Waals surface area contributed by atoms with Gasteiger partial charge in [0.25, 0.3) is 0 Å². The summed E-state index contributed by atoms with van der Waals surface area (Å²) in [5.41, 5.74) is 8.03. The minimum absolute atomic E-state index is 0.584. The second-order valence-corrected chi connectivity index (χ2v) is 10.9. The van der Waals surface area contributed by atoms with Gasteiger partial charge in [-0.25, -0.2) is 15.0 Å². The molecule has 0 amide bonds. The predicted molar refractivity (Wildman–Crippen MR) is 184 cm³/mol. The lowest BCUT2D eigenvalue weighted by Gasteiger charge is -2.11. The van der Waals surface area contributed by atoms with E-state index >= 15 is 0 Å². The summed E-state index contributed by atoms with van der Waals surface area (Å²) in [5.74, 6) is 1.77. The van der Waals surface area contributed by atoms with E-state index in [9.17, 15) is 0 Å². The Morgan fingerprint density at radius 3 is 1.93 bits per heavy atom. The zero-order chi connectivity index (χ0) is 30.3. The van der Waals surface area contributed by atoms with Gasteiger partial charge in [-0.3, -0.25) is 0 Å². The number of aromatic nitrogens is 3. The van der Waals surface area contributed by atoms with Crippen LogP contribution in [0.25, 0.3) is 77.8 Å². The van der Waals surface area contributed by atoms with Crippen LogP contribution in [0.15, 0.2) is 149 Å². The molecule has 0 N–H and O–H groups in total. The molecular formula is C40H27N3O2. The molecule has 0 bridgehead atoms. The number of fused-ring (bicyclic) bond motifs is 6. The summed E-state index contributed by atoms with van der Waals surface area (Å²) in [7, 11) is 0. The quantitative estimate of drug-likeness (QED) is 0.183. The van der Waals surface area contributed by atoms with Crippen LogP contribution < -0.4 is 0 Å². The monoisotopic (exact) mass is 581 g/mol. The molecule has 0 aliphatic rings. The summed E-state index contributed by atoms with van der Waals surface area (Å²) in [6, 6.07) is 38.3. The van der Waals surface area contributed by atoms with E-state index in [1.165, 1.54) is 0 Å². The van der Waals surface area contributed by atoms with Gasteiger partial charge in [0, 0.05) is 32.7 Å². The lowest BCUT2D eigenvalue weighted by molar-refractivity contribution is 0.668. The molecule has 0 aliphatic carbocycles. The van der Waals surface area contributed by atoms with Crippen molar-refractivity contribution in [3.05, 3.63) is 151 Å². The molecule has 0 spiro atoms. The second kappa shape index (κ2) is 10.9. The Balaban J connectivity index is 1.33. The van der Waals surface area contributed by atoms with Gasteiger partial charge in [0.05, 0.1) is 0 Å². The number of para-hydroxylation sites is 2. The fourth-order valence-electron chi connectivity index (χ4n) is 6.01. The first-order valence-corrected chi connectivity index (χ1v) is 14.8. The number of hydrogen-bond donors (Lipinski definition) is 0. The molecular weight excluding hydrogens is 554 g/mol. The lowest BCUT2D eigenvalue weighted by Crippen LogP contribution is -2.02. The van der Waals surface area contributed by atoms with Gasteiger partial charge in [-0.15, -0.1) is 0 Å². The maximum atomic E-state index is 6.19. The van der Waals surface area contributed by atoms with E-state index in [-0.39, 0.29) is 0 Å². The summed E-state index contributed by atoms with van der Waals surface area (Å²) in [5, 5.41) is 4.13. The minimum atomic E-state index is 0.584. The van der Waals surface area contributed by atoms with Crippen molar-refractivity contribution in [2.45, 2.75) is 6.92 Å². The van der Waals surface area contributed by atoms with Gasteiger partial charge in [0.1, 0.15) is 22.3 Å². The summed E-state index contributed by atoms with van der Waals surface area (Å²) >= 11 is 0. The molecule has 8 rings (SSSR count). The highest BCUT2D eigenvalue weighted by Gasteiger charge is 2.18. The zero-order valence-electron chi connectivity index (χ0n) is 24.6. The highest BCUT2D eigenvalue weighted by Crippen LogP contribution is 2.38. The molecule has 5 heteroatoms. The van der Waals surface area contributed by atoms with E-state index < -0.39 is 0 Å². The van der Waals surface area contributed by atoms with Crippen LogP contribution in [0.5, 0.6) is 0 Å². The summed E-state index contributed by atoms with van der Waals surface area (Å²) in [6.07, 6.45) is 5.93. The standard InChI is InChI=1S/C40H27N3O2/c1-3-13-27(28-18-11-22-34-36(28)29-16-7-9-20-32(29)44-34)24-25(2)38-41-39(26-14-5-4-6-15-26)43-40(42-38)31-19-12-23-35-37(31)30-17-8-10-21-33(30)45-35/h3-24H,1H2,2H3/b25-24+,27-13+. The van der Waals surface area contributed by atoms with Crippen LogP contribution in [0.3, 0.4) is 0 Å². The van der Waals surface area contributed by atoms with Crippen LogP contribution in [-0.4, -0.2) is 15.0 Å². The van der Waals surface area contributed by atoms with Crippen LogP contribution in [0.4, 0.5) is 0 Å². The van der Waals surface area contributed by atoms with Crippen molar-refractivity contribution < 1.29 is 8.83 Å². The second-order valence-electron chi connectivity index (χ2n) is 10.9. The number of hydrogen-bond acceptors (Lipinski definition) is 5. The number of nitrogens with zero attached hydrogens (tertiary/aromatic N) is 3. The highest BCUT2D eigenvalue weighted by atomic mass is 16.3. The fourth-order valence-corrected chi connectivity index (χ4v) is 6.01. The Bertz CT molecular complexity index is 2460. The van der Waals surface area contributed by atoms with E-state index in [4.69, 9.17) is 23.8 Å². The fraction of sp³-hybridized carbons (Fsp3) is 0.0250. The molecule has 0 atom stereocenters. The molecule has 0 fully saturated rings. The van der Waals surface area contributed by atoms with Crippen LogP contribution in [0, 0.1) is 0 Å². The normalized spacial score (nSPS) is 12.5. The third-order valence-electron chi connectivity index (χ3n) is 8.05. The first-order chi connectivity index (χ1) is 22.2. The van der Waals surface area contributed by atoms with Crippen molar-refractivity contribution in [1.82, 2.24) is 15.0 Å². The molecule has 3 heterocycles. The number of furan rings is 2. The Labute approximate surface area is 259 Å². The molecule has 5 nitrogen and oxygen atoms in total. The summed E-state index contributed by atoms with van der Waals surface area (Å²) in [6.45, 7) is 6.05. The smallest absolute Gasteiger partial charge is 0.164 e. The molecule has 214 valence electrons. The van der Waals surface area contributed by atoms with E-state index in [1.54, 1.807) is 6.08 Å². The van der Waals surface area contributed by atoms with Gasteiger partial charge in [-0.1, -0.05) is 110 Å². The predicted octanol–water partition coefficient (Wildman–Crippen LogP) is 10.7. The van der Waals surface area contributed by atoms with Crippen LogP contribution in [-0.2, 0) is 0 Å². The topological polar surface area (TPSA) is 65.0 Å². The maximum absolute atomic E-state index is 6.19. The van der Waals surface area contributed by atoms with Crippen molar-refractivity contribution in [1.29, 1.82) is 0 Å². The first kappa shape index (κ1) is 26.5. The molecule has 8 aromatic rings. The van der Waals surface area contributed by atoms with Crippen molar-refractivity contribution >= 4 is 55.0 Å². The molecule has 0 aliphatic heterocycles. The summed E-state index contributed by atoms with van der Waals surface area (Å²) in [4.78, 5) is 15.1. The Kier molecular flexibility index (Phi) is 6.42. The van der Waals surface area contributed by atoms with Crippen molar-refractivity contribution in [2.24, 2.45) is 0 Å². The van der Waals surface area contributed by atoms with Gasteiger partial charge >= 0.3 is 0 Å². The van der Waals surface area contributed by atoms with Gasteiger partial charge in [0.2, 0.25) is 0 Å². The van der Waals surface area contributed by atoms with Crippen LogP contribution >= 0.6 is 0 Å². The SMILES string of the molecule is C=C/C=C(\C=C(/C)c1nc(-c2ccccc2)nc(-c2cccc3oc4ccccc4c23)n1)c1cccc2oc3ccccc3c12. The van der Waals surface area contributed by atoms with Crippen molar-refractivity contribution in [3.8, 4) is 22.8 Å². The molecule has 0 unspecified atom stereocenters. The number of rotatable bonds is 6. The largest absolute Gasteiger partial charge is 0.456 e. The minimum Gasteiger partial charge on any atom is -0.456 e. The average molecular weight is 582 g/mol.